The quantitative estimate of drug-likeness (QED) is 0.512. The summed E-state index contributed by atoms with van der Waals surface area (Å²) in [5, 5.41) is 3.11. The van der Waals surface area contributed by atoms with Crippen LogP contribution in [-0.4, -0.2) is 29.5 Å². The van der Waals surface area contributed by atoms with Crippen LogP contribution in [0.2, 0.25) is 0 Å². The van der Waals surface area contributed by atoms with Gasteiger partial charge in [0.2, 0.25) is 12.7 Å². The van der Waals surface area contributed by atoms with E-state index >= 15 is 0 Å². The van der Waals surface area contributed by atoms with Crippen LogP contribution in [0, 0.1) is 12.7 Å². The first kappa shape index (κ1) is 22.7. The number of carbonyl (C=O) groups excluding carboxylic acids is 2. The van der Waals surface area contributed by atoms with E-state index in [1.165, 1.54) is 29.2 Å². The van der Waals surface area contributed by atoms with Crippen LogP contribution in [0.25, 0.3) is 6.08 Å². The molecule has 0 bridgehead atoms. The van der Waals surface area contributed by atoms with Crippen molar-refractivity contribution >= 4 is 46.2 Å². The van der Waals surface area contributed by atoms with Crippen LogP contribution >= 0.6 is 11.8 Å². The van der Waals surface area contributed by atoms with E-state index in [0.29, 0.717) is 28.0 Å². The van der Waals surface area contributed by atoms with E-state index in [2.05, 4.69) is 10.3 Å². The van der Waals surface area contributed by atoms with Gasteiger partial charge in [-0.05, 0) is 67.1 Å². The maximum absolute atomic E-state index is 13.3. The molecule has 9 heteroatoms. The lowest BCUT2D eigenvalue weighted by Gasteiger charge is -2.18. The molecule has 2 aliphatic heterocycles. The summed E-state index contributed by atoms with van der Waals surface area (Å²) in [4.78, 5) is 31.9. The van der Waals surface area contributed by atoms with E-state index < -0.39 is 0 Å². The zero-order valence-corrected chi connectivity index (χ0v) is 19.5. The predicted octanol–water partition coefficient (Wildman–Crippen LogP) is 4.98. The Hall–Kier alpha value is -4.11. The Morgan fingerprint density at radius 1 is 1.09 bits per heavy atom. The molecular weight excluding hydrogens is 469 g/mol. The van der Waals surface area contributed by atoms with Crippen LogP contribution in [0.3, 0.4) is 0 Å². The third-order valence-corrected chi connectivity index (χ3v) is 6.22. The summed E-state index contributed by atoms with van der Waals surface area (Å²) in [6, 6.07) is 18.4. The number of amides is 2. The highest BCUT2D eigenvalue weighted by atomic mass is 32.2. The molecule has 7 nitrogen and oxygen atoms in total. The molecule has 0 radical (unpaired) electrons. The maximum atomic E-state index is 13.3. The number of ether oxygens (including phenoxy) is 2. The van der Waals surface area contributed by atoms with E-state index in [0.717, 1.165) is 22.9 Å². The highest BCUT2D eigenvalue weighted by Crippen LogP contribution is 2.34. The van der Waals surface area contributed by atoms with E-state index in [4.69, 9.17) is 9.47 Å². The Bertz CT molecular complexity index is 1350. The average molecular weight is 490 g/mol. The topological polar surface area (TPSA) is 80.2 Å². The van der Waals surface area contributed by atoms with E-state index in [1.54, 1.807) is 18.2 Å². The summed E-state index contributed by atoms with van der Waals surface area (Å²) < 4.78 is 23.9. The molecule has 0 aliphatic carbocycles. The number of hydrogen-bond acceptors (Lipinski definition) is 6. The number of benzene rings is 3. The number of thioether (sulfide) groups is 1. The second-order valence-corrected chi connectivity index (χ2v) is 8.80. The molecule has 5 rings (SSSR count). The number of amidine groups is 1. The highest BCUT2D eigenvalue weighted by molar-refractivity contribution is 8.14. The molecule has 0 aromatic heterocycles. The van der Waals surface area contributed by atoms with Crippen LogP contribution in [0.4, 0.5) is 15.8 Å². The molecule has 3 aromatic rings. The van der Waals surface area contributed by atoms with Crippen LogP contribution < -0.4 is 19.7 Å². The van der Waals surface area contributed by atoms with Gasteiger partial charge in [0.15, 0.2) is 16.7 Å². The van der Waals surface area contributed by atoms with Crippen LogP contribution in [0.1, 0.15) is 11.1 Å². The summed E-state index contributed by atoms with van der Waals surface area (Å²) in [5.41, 5.74) is 3.18. The Labute approximate surface area is 205 Å². The Balaban J connectivity index is 1.38. The standard InChI is InChI=1S/C26H20FN3O4S/c1-16-2-9-20(10-3-16)30-25(32)21(12-17-4-11-22-23(13-17)34-15-33-22)29-26(30)35-14-24(31)28-19-7-5-18(27)6-8-19/h2-13H,14-15H2,1H3,(H,28,31)/b21-12+. The Kier molecular flexibility index (Phi) is 6.24. The molecule has 1 N–H and O–H groups in total. The molecule has 2 heterocycles. The number of nitrogens with zero attached hydrogens (tertiary/aromatic N) is 2. The van der Waals surface area contributed by atoms with Crippen molar-refractivity contribution in [2.45, 2.75) is 6.92 Å². The molecule has 2 aliphatic rings. The highest BCUT2D eigenvalue weighted by Gasteiger charge is 2.32. The minimum absolute atomic E-state index is 0.0170. The van der Waals surface area contributed by atoms with Crippen LogP contribution in [0.5, 0.6) is 11.5 Å². The summed E-state index contributed by atoms with van der Waals surface area (Å²) in [6.45, 7) is 2.12. The monoisotopic (exact) mass is 489 g/mol. The molecule has 176 valence electrons. The van der Waals surface area contributed by atoms with E-state index in [1.807, 2.05) is 37.3 Å². The number of aliphatic imine (C=N–C) groups is 1. The van der Waals surface area contributed by atoms with Crippen molar-refractivity contribution in [1.82, 2.24) is 0 Å². The Morgan fingerprint density at radius 3 is 2.60 bits per heavy atom. The van der Waals surface area contributed by atoms with Crippen molar-refractivity contribution < 1.29 is 23.5 Å². The predicted molar refractivity (Wildman–Crippen MR) is 134 cm³/mol. The number of hydrogen-bond donors (Lipinski definition) is 1. The molecule has 0 fully saturated rings. The lowest BCUT2D eigenvalue weighted by molar-refractivity contribution is -0.114. The minimum Gasteiger partial charge on any atom is -0.454 e. The number of halogens is 1. The number of anilines is 2. The summed E-state index contributed by atoms with van der Waals surface area (Å²) >= 11 is 1.14. The fourth-order valence-corrected chi connectivity index (χ4v) is 4.35. The lowest BCUT2D eigenvalue weighted by Crippen LogP contribution is -2.31. The molecule has 2 amide bonds. The van der Waals surface area contributed by atoms with Crippen LogP contribution in [-0.2, 0) is 9.59 Å². The van der Waals surface area contributed by atoms with E-state index in [-0.39, 0.29) is 35.9 Å². The third-order valence-electron chi connectivity index (χ3n) is 5.28. The first-order valence-corrected chi connectivity index (χ1v) is 11.7. The SMILES string of the molecule is Cc1ccc(N2C(=O)/C(=C\c3ccc4c(c3)OCO4)N=C2SCC(=O)Nc2ccc(F)cc2)cc1. The Morgan fingerprint density at radius 2 is 1.83 bits per heavy atom. The fourth-order valence-electron chi connectivity index (χ4n) is 3.54. The van der Waals surface area contributed by atoms with Crippen molar-refractivity contribution in [3.05, 3.63) is 89.4 Å². The number of rotatable bonds is 5. The average Bonchev–Trinajstić information content (AvgIpc) is 3.44. The van der Waals surface area contributed by atoms with Crippen molar-refractivity contribution in [3.63, 3.8) is 0 Å². The molecule has 0 spiro atoms. The maximum Gasteiger partial charge on any atom is 0.283 e. The second kappa shape index (κ2) is 9.63. The smallest absolute Gasteiger partial charge is 0.283 e. The van der Waals surface area contributed by atoms with Crippen molar-refractivity contribution in [2.24, 2.45) is 4.99 Å². The molecule has 0 saturated carbocycles. The third kappa shape index (κ3) is 5.04. The van der Waals surface area contributed by atoms with Gasteiger partial charge in [-0.2, -0.15) is 0 Å². The number of nitrogens with one attached hydrogen (secondary N) is 1. The molecular formula is C26H20FN3O4S. The second-order valence-electron chi connectivity index (χ2n) is 7.86. The lowest BCUT2D eigenvalue weighted by atomic mass is 10.1. The summed E-state index contributed by atoms with van der Waals surface area (Å²) in [7, 11) is 0. The zero-order chi connectivity index (χ0) is 24.4. The number of carbonyl (C=O) groups is 2. The van der Waals surface area contributed by atoms with Gasteiger partial charge >= 0.3 is 0 Å². The zero-order valence-electron chi connectivity index (χ0n) is 18.7. The van der Waals surface area contributed by atoms with Crippen molar-refractivity contribution in [2.75, 3.05) is 22.8 Å². The van der Waals surface area contributed by atoms with Gasteiger partial charge in [0.25, 0.3) is 5.91 Å². The van der Waals surface area contributed by atoms with Crippen molar-refractivity contribution in [1.29, 1.82) is 0 Å². The number of fused-ring (bicyclic) bond motifs is 1. The summed E-state index contributed by atoms with van der Waals surface area (Å²) in [5.74, 6) is 0.297. The van der Waals surface area contributed by atoms with E-state index in [9.17, 15) is 14.0 Å². The van der Waals surface area contributed by atoms with Gasteiger partial charge in [-0.15, -0.1) is 0 Å². The largest absolute Gasteiger partial charge is 0.454 e. The molecule has 0 atom stereocenters. The van der Waals surface area contributed by atoms with Gasteiger partial charge in [0.1, 0.15) is 11.5 Å². The van der Waals surface area contributed by atoms with Crippen molar-refractivity contribution in [3.8, 4) is 11.5 Å². The van der Waals surface area contributed by atoms with Gasteiger partial charge in [-0.1, -0.05) is 35.5 Å². The molecule has 0 unspecified atom stereocenters. The molecule has 3 aromatic carbocycles. The van der Waals surface area contributed by atoms with Gasteiger partial charge in [0, 0.05) is 5.69 Å². The van der Waals surface area contributed by atoms with Crippen LogP contribution in [0.15, 0.2) is 77.4 Å². The van der Waals surface area contributed by atoms with Gasteiger partial charge in [-0.25, -0.2) is 9.38 Å². The fraction of sp³-hybridized carbons (Fsp3) is 0.115. The van der Waals surface area contributed by atoms with Gasteiger partial charge in [0.05, 0.1) is 11.4 Å². The first-order chi connectivity index (χ1) is 17.0. The minimum atomic E-state index is -0.383. The van der Waals surface area contributed by atoms with Gasteiger partial charge < -0.3 is 14.8 Å². The first-order valence-electron chi connectivity index (χ1n) is 10.8. The normalized spacial score (nSPS) is 15.5. The number of aryl methyl sites for hydroxylation is 1. The summed E-state index contributed by atoms with van der Waals surface area (Å²) in [6.07, 6.45) is 1.68. The molecule has 35 heavy (non-hydrogen) atoms. The molecule has 0 saturated heterocycles. The van der Waals surface area contributed by atoms with Gasteiger partial charge in [-0.3, -0.25) is 14.5 Å².